The SMILES string of the molecule is OC1=CC=CC(O)C1(O)Br. The van der Waals surface area contributed by atoms with Crippen molar-refractivity contribution in [2.24, 2.45) is 0 Å². The van der Waals surface area contributed by atoms with Crippen LogP contribution in [0, 0.1) is 0 Å². The predicted molar refractivity (Wildman–Crippen MR) is 39.7 cm³/mol. The average molecular weight is 207 g/mol. The van der Waals surface area contributed by atoms with E-state index in [9.17, 15) is 5.11 Å². The number of hydrogen-bond donors (Lipinski definition) is 3. The molecular formula is C6H7BrO3. The number of aliphatic hydroxyl groups excluding tert-OH is 2. The molecule has 0 radical (unpaired) electrons. The summed E-state index contributed by atoms with van der Waals surface area (Å²) in [5, 5.41) is 27.2. The van der Waals surface area contributed by atoms with E-state index >= 15 is 0 Å². The van der Waals surface area contributed by atoms with Crippen molar-refractivity contribution in [3.63, 3.8) is 0 Å². The molecule has 4 heteroatoms. The summed E-state index contributed by atoms with van der Waals surface area (Å²) in [6, 6.07) is 0. The molecule has 0 amide bonds. The standard InChI is InChI=1S/C6H7BrO3/c7-6(10)4(8)2-1-3-5(6)9/h1-4,8-10H. The highest BCUT2D eigenvalue weighted by Crippen LogP contribution is 2.29. The van der Waals surface area contributed by atoms with E-state index in [2.05, 4.69) is 15.9 Å². The van der Waals surface area contributed by atoms with Gasteiger partial charge in [-0.15, -0.1) is 0 Å². The fourth-order valence-corrected chi connectivity index (χ4v) is 0.933. The largest absolute Gasteiger partial charge is 0.508 e. The lowest BCUT2D eigenvalue weighted by molar-refractivity contribution is 0.0224. The van der Waals surface area contributed by atoms with E-state index in [0.29, 0.717) is 0 Å². The summed E-state index contributed by atoms with van der Waals surface area (Å²) < 4.78 is -1.71. The van der Waals surface area contributed by atoms with E-state index in [4.69, 9.17) is 10.2 Å². The maximum Gasteiger partial charge on any atom is 0.206 e. The molecule has 2 atom stereocenters. The van der Waals surface area contributed by atoms with Gasteiger partial charge in [-0.05, 0) is 22.0 Å². The Hall–Kier alpha value is -0.320. The third-order valence-corrected chi connectivity index (χ3v) is 2.17. The van der Waals surface area contributed by atoms with Gasteiger partial charge in [-0.2, -0.15) is 0 Å². The highest BCUT2D eigenvalue weighted by Gasteiger charge is 2.36. The Morgan fingerprint density at radius 3 is 2.60 bits per heavy atom. The van der Waals surface area contributed by atoms with Crippen molar-refractivity contribution < 1.29 is 15.3 Å². The van der Waals surface area contributed by atoms with E-state index in [1.54, 1.807) is 0 Å². The number of halogens is 1. The maximum atomic E-state index is 9.21. The third-order valence-electron chi connectivity index (χ3n) is 1.30. The Morgan fingerprint density at radius 1 is 1.60 bits per heavy atom. The van der Waals surface area contributed by atoms with Gasteiger partial charge in [0.25, 0.3) is 0 Å². The Bertz CT molecular complexity index is 195. The van der Waals surface area contributed by atoms with Crippen LogP contribution in [0.4, 0.5) is 0 Å². The van der Waals surface area contributed by atoms with Gasteiger partial charge < -0.3 is 15.3 Å². The van der Waals surface area contributed by atoms with E-state index in [1.165, 1.54) is 18.2 Å². The second kappa shape index (κ2) is 2.38. The van der Waals surface area contributed by atoms with Gasteiger partial charge in [-0.3, -0.25) is 0 Å². The Morgan fingerprint density at radius 2 is 2.20 bits per heavy atom. The zero-order valence-electron chi connectivity index (χ0n) is 5.03. The molecular weight excluding hydrogens is 200 g/mol. The first-order valence-electron chi connectivity index (χ1n) is 2.72. The molecule has 1 aliphatic rings. The van der Waals surface area contributed by atoms with Gasteiger partial charge >= 0.3 is 0 Å². The summed E-state index contributed by atoms with van der Waals surface area (Å²) in [6.07, 6.45) is 3.04. The first-order valence-corrected chi connectivity index (χ1v) is 3.51. The molecule has 1 aliphatic carbocycles. The quantitative estimate of drug-likeness (QED) is 0.505. The van der Waals surface area contributed by atoms with Crippen LogP contribution in [0.15, 0.2) is 24.0 Å². The van der Waals surface area contributed by atoms with Gasteiger partial charge in [-0.1, -0.05) is 12.2 Å². The van der Waals surface area contributed by atoms with Crippen molar-refractivity contribution in [3.8, 4) is 0 Å². The molecule has 10 heavy (non-hydrogen) atoms. The molecule has 0 aromatic rings. The van der Waals surface area contributed by atoms with E-state index < -0.39 is 10.6 Å². The molecule has 0 saturated carbocycles. The second-order valence-electron chi connectivity index (χ2n) is 2.06. The number of rotatable bonds is 0. The first-order chi connectivity index (χ1) is 4.55. The van der Waals surface area contributed by atoms with Crippen molar-refractivity contribution in [1.29, 1.82) is 0 Å². The molecule has 56 valence electrons. The average Bonchev–Trinajstić information content (AvgIpc) is 1.84. The molecule has 0 bridgehead atoms. The van der Waals surface area contributed by atoms with Crippen LogP contribution >= 0.6 is 15.9 Å². The molecule has 0 fully saturated rings. The summed E-state index contributed by atoms with van der Waals surface area (Å²) in [4.78, 5) is 0. The van der Waals surface area contributed by atoms with E-state index in [0.717, 1.165) is 0 Å². The zero-order chi connectivity index (χ0) is 7.78. The van der Waals surface area contributed by atoms with E-state index in [-0.39, 0.29) is 5.76 Å². The summed E-state index contributed by atoms with van der Waals surface area (Å²) in [5.41, 5.74) is 0. The minimum atomic E-state index is -1.71. The molecule has 0 spiro atoms. The van der Waals surface area contributed by atoms with Crippen LogP contribution in [0.25, 0.3) is 0 Å². The van der Waals surface area contributed by atoms with E-state index in [1.807, 2.05) is 0 Å². The van der Waals surface area contributed by atoms with Crippen molar-refractivity contribution in [2.75, 3.05) is 0 Å². The highest BCUT2D eigenvalue weighted by atomic mass is 79.9. The topological polar surface area (TPSA) is 60.7 Å². The van der Waals surface area contributed by atoms with Gasteiger partial charge in [-0.25, -0.2) is 0 Å². The minimum Gasteiger partial charge on any atom is -0.508 e. The van der Waals surface area contributed by atoms with Gasteiger partial charge in [0.2, 0.25) is 4.51 Å². The smallest absolute Gasteiger partial charge is 0.206 e. The van der Waals surface area contributed by atoms with Crippen LogP contribution < -0.4 is 0 Å². The molecule has 0 aliphatic heterocycles. The van der Waals surface area contributed by atoms with Crippen molar-refractivity contribution in [3.05, 3.63) is 24.0 Å². The van der Waals surface area contributed by atoms with Gasteiger partial charge in [0, 0.05) is 0 Å². The lowest BCUT2D eigenvalue weighted by atomic mass is 10.1. The number of alkyl halides is 1. The summed E-state index contributed by atoms with van der Waals surface area (Å²) in [5.74, 6) is -0.289. The minimum absolute atomic E-state index is 0.289. The van der Waals surface area contributed by atoms with Gasteiger partial charge in [0.15, 0.2) is 0 Å². The molecule has 3 N–H and O–H groups in total. The number of hydrogen-bond acceptors (Lipinski definition) is 3. The fraction of sp³-hybridized carbons (Fsp3) is 0.333. The molecule has 0 aromatic carbocycles. The van der Waals surface area contributed by atoms with Crippen LogP contribution in [0.5, 0.6) is 0 Å². The Balaban J connectivity index is 2.93. The molecule has 0 saturated heterocycles. The molecule has 3 nitrogen and oxygen atoms in total. The number of allylic oxidation sites excluding steroid dienone is 2. The number of aliphatic hydroxyl groups is 3. The van der Waals surface area contributed by atoms with Crippen LogP contribution in [0.1, 0.15) is 0 Å². The van der Waals surface area contributed by atoms with Gasteiger partial charge in [0.1, 0.15) is 11.9 Å². The summed E-state index contributed by atoms with van der Waals surface area (Å²) in [7, 11) is 0. The second-order valence-corrected chi connectivity index (χ2v) is 3.26. The Labute approximate surface area is 66.4 Å². The molecule has 0 heterocycles. The van der Waals surface area contributed by atoms with Gasteiger partial charge in [0.05, 0.1) is 0 Å². The molecule has 1 rings (SSSR count). The third kappa shape index (κ3) is 1.10. The van der Waals surface area contributed by atoms with Crippen LogP contribution in [0.2, 0.25) is 0 Å². The first kappa shape index (κ1) is 7.78. The lowest BCUT2D eigenvalue weighted by Crippen LogP contribution is -2.38. The zero-order valence-corrected chi connectivity index (χ0v) is 6.62. The molecule has 0 aromatic heterocycles. The lowest BCUT2D eigenvalue weighted by Gasteiger charge is -2.25. The van der Waals surface area contributed by atoms with Crippen LogP contribution in [0.3, 0.4) is 0 Å². The van der Waals surface area contributed by atoms with Crippen molar-refractivity contribution >= 4 is 15.9 Å². The van der Waals surface area contributed by atoms with Crippen molar-refractivity contribution in [2.45, 2.75) is 10.6 Å². The highest BCUT2D eigenvalue weighted by molar-refractivity contribution is 9.10. The maximum absolute atomic E-state index is 9.21. The Kier molecular flexibility index (Phi) is 1.85. The van der Waals surface area contributed by atoms with Crippen molar-refractivity contribution in [1.82, 2.24) is 0 Å². The summed E-state index contributed by atoms with van der Waals surface area (Å²) >= 11 is 2.76. The van der Waals surface area contributed by atoms with Crippen LogP contribution in [-0.2, 0) is 0 Å². The predicted octanol–water partition coefficient (Wildman–Crippen LogP) is 0.442. The van der Waals surface area contributed by atoms with Crippen LogP contribution in [-0.4, -0.2) is 25.9 Å². The monoisotopic (exact) mass is 206 g/mol. The molecule has 2 unspecified atom stereocenters. The summed E-state index contributed by atoms with van der Waals surface area (Å²) in [6.45, 7) is 0. The fourth-order valence-electron chi connectivity index (χ4n) is 0.648. The normalized spacial score (nSPS) is 39.5.